The monoisotopic (exact) mass is 671 g/mol. The second-order valence-corrected chi connectivity index (χ2v) is 13.0. The molecular formula is C28H27N6O10S2+. The summed E-state index contributed by atoms with van der Waals surface area (Å²) in [5, 5.41) is 23.7. The number of carbonyl (C=O) groups is 5. The lowest BCUT2D eigenvalue weighted by Crippen LogP contribution is -2.71. The van der Waals surface area contributed by atoms with Crippen LogP contribution in [0.3, 0.4) is 0 Å². The fourth-order valence-corrected chi connectivity index (χ4v) is 6.87. The Morgan fingerprint density at radius 3 is 2.41 bits per heavy atom. The Kier molecular flexibility index (Phi) is 9.22. The molecule has 2 aromatic heterocycles. The van der Waals surface area contributed by atoms with Gasteiger partial charge in [0.15, 0.2) is 30.3 Å². The number of β-lactam (4-membered cyclic amide) rings is 1. The van der Waals surface area contributed by atoms with Gasteiger partial charge in [-0.25, -0.2) is 19.1 Å². The lowest BCUT2D eigenvalue weighted by molar-refractivity contribution is -0.689. The van der Waals surface area contributed by atoms with E-state index in [1.54, 1.807) is 59.4 Å². The molecule has 1 fully saturated rings. The van der Waals surface area contributed by atoms with Crippen molar-refractivity contribution in [1.29, 1.82) is 0 Å². The Morgan fingerprint density at radius 2 is 1.78 bits per heavy atom. The van der Waals surface area contributed by atoms with E-state index in [1.165, 1.54) is 11.8 Å². The minimum Gasteiger partial charge on any atom is -0.477 e. The molecule has 5 rings (SSSR count). The topological polar surface area (TPSA) is 240 Å². The smallest absolute Gasteiger partial charge is 0.354 e. The molecule has 240 valence electrons. The van der Waals surface area contributed by atoms with E-state index in [4.69, 9.17) is 4.55 Å². The van der Waals surface area contributed by atoms with Crippen LogP contribution in [0.15, 0.2) is 72.5 Å². The number of imidazole rings is 1. The number of nitrogens with one attached hydrogen (secondary N) is 3. The first-order valence-corrected chi connectivity index (χ1v) is 16.3. The van der Waals surface area contributed by atoms with Crippen LogP contribution < -0.4 is 15.2 Å². The summed E-state index contributed by atoms with van der Waals surface area (Å²) in [6.45, 7) is 0.119. The molecule has 0 bridgehead atoms. The van der Waals surface area contributed by atoms with Gasteiger partial charge in [0, 0.05) is 23.5 Å². The number of fused-ring (bicyclic) bond motifs is 1. The van der Waals surface area contributed by atoms with Gasteiger partial charge >= 0.3 is 11.9 Å². The van der Waals surface area contributed by atoms with Crippen molar-refractivity contribution in [3.8, 4) is 0 Å². The zero-order chi connectivity index (χ0) is 33.2. The summed E-state index contributed by atoms with van der Waals surface area (Å²) in [4.78, 5) is 70.7. The van der Waals surface area contributed by atoms with Gasteiger partial charge in [-0.05, 0) is 17.5 Å². The molecule has 0 aliphatic carbocycles. The number of benzene rings is 1. The number of pyridine rings is 1. The van der Waals surface area contributed by atoms with Crippen LogP contribution >= 0.6 is 11.8 Å². The zero-order valence-electron chi connectivity index (χ0n) is 23.7. The van der Waals surface area contributed by atoms with Crippen LogP contribution in [-0.2, 0) is 37.5 Å². The highest BCUT2D eigenvalue weighted by Gasteiger charge is 2.55. The lowest BCUT2D eigenvalue weighted by Gasteiger charge is -2.49. The standard InChI is InChI=1S/C28H26N6O10S2/c35-23(18(16-4-2-1-3-5-16)31-24(36)19-20(27(38)39)30-14-29-19)32-21-25(37)34-22(28(40)41)17(13-45-26(21)34)12-33-9-6-15(7-10-33)8-11-46(42,43)44/h1-7,9-10,14,18,21,26H,8,11-13H2,(H5-,29,30,31,32,35,36,38,39,40,41,42,43,44)/p+1. The number of nitrogens with zero attached hydrogens (tertiary/aromatic N) is 3. The number of thioether (sulfide) groups is 1. The molecule has 6 N–H and O–H groups in total. The van der Waals surface area contributed by atoms with Crippen LogP contribution in [0, 0.1) is 0 Å². The summed E-state index contributed by atoms with van der Waals surface area (Å²) < 4.78 is 32.7. The van der Waals surface area contributed by atoms with Crippen molar-refractivity contribution in [1.82, 2.24) is 25.5 Å². The highest BCUT2D eigenvalue weighted by molar-refractivity contribution is 8.00. The van der Waals surface area contributed by atoms with Gasteiger partial charge in [-0.1, -0.05) is 30.3 Å². The second kappa shape index (κ2) is 13.1. The van der Waals surface area contributed by atoms with E-state index >= 15 is 0 Å². The van der Waals surface area contributed by atoms with Gasteiger partial charge in [-0.2, -0.15) is 8.42 Å². The average Bonchev–Trinajstić information content (AvgIpc) is 3.52. The number of amides is 3. The molecule has 0 saturated carbocycles. The Balaban J connectivity index is 1.31. The number of carboxylic acids is 2. The minimum atomic E-state index is -4.12. The maximum atomic E-state index is 13.5. The average molecular weight is 672 g/mol. The molecule has 0 radical (unpaired) electrons. The lowest BCUT2D eigenvalue weighted by atomic mass is 10.0. The first-order chi connectivity index (χ1) is 21.8. The summed E-state index contributed by atoms with van der Waals surface area (Å²) in [6.07, 6.45) is 4.38. The van der Waals surface area contributed by atoms with Crippen LogP contribution in [0.2, 0.25) is 0 Å². The van der Waals surface area contributed by atoms with Crippen molar-refractivity contribution in [3.63, 3.8) is 0 Å². The molecule has 1 saturated heterocycles. The number of rotatable bonds is 12. The number of aromatic amines is 1. The first-order valence-electron chi connectivity index (χ1n) is 13.6. The van der Waals surface area contributed by atoms with Gasteiger partial charge < -0.3 is 25.8 Å². The Morgan fingerprint density at radius 1 is 1.09 bits per heavy atom. The summed E-state index contributed by atoms with van der Waals surface area (Å²) in [5.41, 5.74) is 0.301. The normalized spacial score (nSPS) is 18.3. The molecule has 0 spiro atoms. The number of aliphatic carboxylic acids is 1. The summed E-state index contributed by atoms with van der Waals surface area (Å²) in [6, 6.07) is 8.91. The fraction of sp³-hybridized carbons (Fsp3) is 0.250. The van der Waals surface area contributed by atoms with E-state index in [2.05, 4.69) is 20.6 Å². The van der Waals surface area contributed by atoms with Crippen molar-refractivity contribution < 1.29 is 51.7 Å². The maximum Gasteiger partial charge on any atom is 0.354 e. The molecule has 1 aromatic carbocycles. The van der Waals surface area contributed by atoms with Crippen molar-refractivity contribution in [3.05, 3.63) is 95.0 Å². The third kappa shape index (κ3) is 6.93. The van der Waals surface area contributed by atoms with E-state index in [0.29, 0.717) is 16.7 Å². The zero-order valence-corrected chi connectivity index (χ0v) is 25.3. The molecular weight excluding hydrogens is 644 g/mol. The van der Waals surface area contributed by atoms with Gasteiger partial charge in [-0.3, -0.25) is 23.8 Å². The van der Waals surface area contributed by atoms with Gasteiger partial charge in [-0.15, -0.1) is 11.8 Å². The van der Waals surface area contributed by atoms with Crippen molar-refractivity contribution >= 4 is 51.5 Å². The van der Waals surface area contributed by atoms with Crippen LogP contribution in [0.25, 0.3) is 0 Å². The molecule has 46 heavy (non-hydrogen) atoms. The third-order valence-corrected chi connectivity index (χ3v) is 9.33. The minimum absolute atomic E-state index is 0.0941. The number of aromatic carboxylic acids is 1. The molecule has 18 heteroatoms. The molecule has 4 heterocycles. The SMILES string of the molecule is O=C(O)C1=C(C[n+]2ccc(CCS(=O)(=O)O)cc2)CSC2C(NC(=O)C(NC(=O)c3nc[nH]c3C(=O)O)c3ccccc3)C(=O)N12. The van der Waals surface area contributed by atoms with E-state index in [1.807, 2.05) is 0 Å². The number of aryl methyl sites for hydroxylation is 1. The third-order valence-electron chi connectivity index (χ3n) is 7.27. The summed E-state index contributed by atoms with van der Waals surface area (Å²) in [7, 11) is -4.12. The van der Waals surface area contributed by atoms with Gasteiger partial charge in [0.25, 0.3) is 21.9 Å². The number of carbonyl (C=O) groups excluding carboxylic acids is 3. The molecule has 3 unspecified atom stereocenters. The van der Waals surface area contributed by atoms with E-state index in [0.717, 1.165) is 11.2 Å². The van der Waals surface area contributed by atoms with Crippen molar-refractivity contribution in [2.45, 2.75) is 30.4 Å². The highest BCUT2D eigenvalue weighted by atomic mass is 32.2. The molecule has 3 atom stereocenters. The number of hydrogen-bond acceptors (Lipinski definition) is 9. The van der Waals surface area contributed by atoms with Crippen molar-refractivity contribution in [2.75, 3.05) is 11.5 Å². The number of carboxylic acid groups (broad SMARTS) is 2. The molecule has 2 aliphatic heterocycles. The fourth-order valence-electron chi connectivity index (χ4n) is 5.04. The highest BCUT2D eigenvalue weighted by Crippen LogP contribution is 2.40. The Bertz CT molecular complexity index is 1840. The Hall–Kier alpha value is -5.07. The van der Waals surface area contributed by atoms with Gasteiger partial charge in [0.1, 0.15) is 23.2 Å². The van der Waals surface area contributed by atoms with Crippen LogP contribution in [0.1, 0.15) is 38.1 Å². The molecule has 3 amide bonds. The Labute approximate surface area is 265 Å². The number of H-pyrrole nitrogens is 1. The molecule has 16 nitrogen and oxygen atoms in total. The maximum absolute atomic E-state index is 13.5. The van der Waals surface area contributed by atoms with E-state index < -0.39 is 74.4 Å². The predicted octanol–water partition coefficient (Wildman–Crippen LogP) is -0.264. The van der Waals surface area contributed by atoms with Crippen LogP contribution in [-0.4, -0.2) is 90.6 Å². The van der Waals surface area contributed by atoms with E-state index in [9.17, 15) is 42.6 Å². The largest absolute Gasteiger partial charge is 0.477 e. The van der Waals surface area contributed by atoms with Gasteiger partial charge in [0.05, 0.1) is 12.1 Å². The first kappa shape index (κ1) is 32.3. The quantitative estimate of drug-likeness (QED) is 0.0829. The number of aromatic nitrogens is 3. The van der Waals surface area contributed by atoms with E-state index in [-0.39, 0.29) is 24.4 Å². The van der Waals surface area contributed by atoms with Gasteiger partial charge in [0.2, 0.25) is 5.91 Å². The number of hydrogen-bond donors (Lipinski definition) is 6. The van der Waals surface area contributed by atoms with Crippen molar-refractivity contribution in [2.24, 2.45) is 0 Å². The summed E-state index contributed by atoms with van der Waals surface area (Å²) in [5.74, 6) is -5.35. The van der Waals surface area contributed by atoms with Crippen LogP contribution in [0.5, 0.6) is 0 Å². The predicted molar refractivity (Wildman–Crippen MR) is 159 cm³/mol. The molecule has 2 aliphatic rings. The summed E-state index contributed by atoms with van der Waals surface area (Å²) >= 11 is 1.25. The van der Waals surface area contributed by atoms with Crippen LogP contribution in [0.4, 0.5) is 0 Å². The molecule has 3 aromatic rings. The second-order valence-electron chi connectivity index (χ2n) is 10.3.